The van der Waals surface area contributed by atoms with E-state index in [2.05, 4.69) is 10.6 Å². The van der Waals surface area contributed by atoms with Crippen molar-refractivity contribution in [3.8, 4) is 0 Å². The number of amides is 2. The molecule has 0 aromatic heterocycles. The Labute approximate surface area is 112 Å². The van der Waals surface area contributed by atoms with Crippen LogP contribution in [-0.2, 0) is 9.59 Å². The summed E-state index contributed by atoms with van der Waals surface area (Å²) in [7, 11) is 0. The first-order valence-electron chi connectivity index (χ1n) is 6.46. The van der Waals surface area contributed by atoms with Gasteiger partial charge in [0, 0.05) is 12.1 Å². The van der Waals surface area contributed by atoms with Crippen LogP contribution < -0.4 is 10.6 Å². The van der Waals surface area contributed by atoms with Crippen molar-refractivity contribution in [1.29, 1.82) is 0 Å². The minimum absolute atomic E-state index is 0.0356. The Morgan fingerprint density at radius 3 is 2.58 bits per heavy atom. The van der Waals surface area contributed by atoms with Gasteiger partial charge in [-0.25, -0.2) is 0 Å². The maximum Gasteiger partial charge on any atom is 0.244 e. The lowest BCUT2D eigenvalue weighted by Crippen LogP contribution is -2.37. The number of carbonyl (C=O) groups is 2. The van der Waals surface area contributed by atoms with Crippen LogP contribution in [-0.4, -0.2) is 24.4 Å². The molecule has 2 N–H and O–H groups in total. The van der Waals surface area contributed by atoms with Gasteiger partial charge in [-0.15, -0.1) is 0 Å². The van der Waals surface area contributed by atoms with Gasteiger partial charge in [-0.3, -0.25) is 9.59 Å². The van der Waals surface area contributed by atoms with Crippen LogP contribution in [0.1, 0.15) is 25.3 Å². The SMILES string of the molecule is C/C(=C\C(=O)NCC(=O)NC1CC1)c1ccccc1. The van der Waals surface area contributed by atoms with Crippen molar-refractivity contribution in [1.82, 2.24) is 10.6 Å². The zero-order chi connectivity index (χ0) is 13.7. The van der Waals surface area contributed by atoms with Crippen molar-refractivity contribution in [3.05, 3.63) is 42.0 Å². The first kappa shape index (κ1) is 13.3. The van der Waals surface area contributed by atoms with E-state index in [1.807, 2.05) is 37.3 Å². The van der Waals surface area contributed by atoms with Gasteiger partial charge in [0.25, 0.3) is 0 Å². The standard InChI is InChI=1S/C15H18N2O2/c1-11(12-5-3-2-4-6-12)9-14(18)16-10-15(19)17-13-7-8-13/h2-6,9,13H,7-8,10H2,1H3,(H,16,18)(H,17,19)/b11-9+. The molecule has 1 aliphatic carbocycles. The Hall–Kier alpha value is -2.10. The monoisotopic (exact) mass is 258 g/mol. The van der Waals surface area contributed by atoms with Crippen molar-refractivity contribution >= 4 is 17.4 Å². The molecule has 100 valence electrons. The van der Waals surface area contributed by atoms with Crippen LogP contribution in [0.4, 0.5) is 0 Å². The smallest absolute Gasteiger partial charge is 0.244 e. The molecule has 0 saturated heterocycles. The van der Waals surface area contributed by atoms with E-state index in [-0.39, 0.29) is 18.4 Å². The molecule has 0 bridgehead atoms. The zero-order valence-electron chi connectivity index (χ0n) is 11.0. The highest BCUT2D eigenvalue weighted by Crippen LogP contribution is 2.18. The Bertz CT molecular complexity index is 490. The minimum Gasteiger partial charge on any atom is -0.352 e. The molecule has 0 spiro atoms. The lowest BCUT2D eigenvalue weighted by atomic mass is 10.1. The third kappa shape index (κ3) is 4.58. The maximum atomic E-state index is 11.7. The summed E-state index contributed by atoms with van der Waals surface area (Å²) < 4.78 is 0. The number of benzene rings is 1. The van der Waals surface area contributed by atoms with Crippen LogP contribution in [0.3, 0.4) is 0 Å². The molecule has 1 aromatic rings. The van der Waals surface area contributed by atoms with Gasteiger partial charge >= 0.3 is 0 Å². The molecule has 1 aliphatic rings. The van der Waals surface area contributed by atoms with Crippen molar-refractivity contribution in [2.75, 3.05) is 6.54 Å². The van der Waals surface area contributed by atoms with Crippen LogP contribution in [0.25, 0.3) is 5.57 Å². The molecule has 0 atom stereocenters. The van der Waals surface area contributed by atoms with E-state index in [4.69, 9.17) is 0 Å². The molecule has 0 heterocycles. The lowest BCUT2D eigenvalue weighted by Gasteiger charge is -2.05. The second kappa shape index (κ2) is 6.18. The Morgan fingerprint density at radius 2 is 1.95 bits per heavy atom. The van der Waals surface area contributed by atoms with Crippen molar-refractivity contribution in [2.45, 2.75) is 25.8 Å². The van der Waals surface area contributed by atoms with Crippen LogP contribution >= 0.6 is 0 Å². The summed E-state index contributed by atoms with van der Waals surface area (Å²) in [6.07, 6.45) is 3.61. The molecule has 1 fully saturated rings. The van der Waals surface area contributed by atoms with E-state index in [9.17, 15) is 9.59 Å². The van der Waals surface area contributed by atoms with Gasteiger partial charge in [-0.1, -0.05) is 30.3 Å². The third-order valence-corrected chi connectivity index (χ3v) is 2.94. The first-order chi connectivity index (χ1) is 9.15. The Balaban J connectivity index is 1.81. The lowest BCUT2D eigenvalue weighted by molar-refractivity contribution is -0.124. The molecule has 4 nitrogen and oxygen atoms in total. The highest BCUT2D eigenvalue weighted by Gasteiger charge is 2.22. The average molecular weight is 258 g/mol. The summed E-state index contributed by atoms with van der Waals surface area (Å²) >= 11 is 0. The van der Waals surface area contributed by atoms with Crippen molar-refractivity contribution in [2.24, 2.45) is 0 Å². The molecule has 0 unspecified atom stereocenters. The van der Waals surface area contributed by atoms with Crippen molar-refractivity contribution < 1.29 is 9.59 Å². The predicted molar refractivity (Wildman–Crippen MR) is 74.3 cm³/mol. The number of hydrogen-bond donors (Lipinski definition) is 2. The molecular weight excluding hydrogens is 240 g/mol. The Kier molecular flexibility index (Phi) is 4.34. The van der Waals surface area contributed by atoms with E-state index in [1.54, 1.807) is 0 Å². The van der Waals surface area contributed by atoms with E-state index in [0.29, 0.717) is 6.04 Å². The van der Waals surface area contributed by atoms with Crippen LogP contribution in [0.5, 0.6) is 0 Å². The minimum atomic E-state index is -0.243. The highest BCUT2D eigenvalue weighted by atomic mass is 16.2. The molecule has 0 aliphatic heterocycles. The van der Waals surface area contributed by atoms with Crippen molar-refractivity contribution in [3.63, 3.8) is 0 Å². The van der Waals surface area contributed by atoms with Crippen LogP contribution in [0, 0.1) is 0 Å². The molecular formula is C15H18N2O2. The summed E-state index contributed by atoms with van der Waals surface area (Å²) in [5.74, 6) is -0.367. The molecule has 1 aromatic carbocycles. The maximum absolute atomic E-state index is 11.7. The summed E-state index contributed by atoms with van der Waals surface area (Å²) in [6, 6.07) is 9.99. The topological polar surface area (TPSA) is 58.2 Å². The molecule has 2 amide bonds. The summed E-state index contributed by atoms with van der Waals surface area (Å²) in [5.41, 5.74) is 1.88. The van der Waals surface area contributed by atoms with E-state index >= 15 is 0 Å². The van der Waals surface area contributed by atoms with Gasteiger partial charge in [0.15, 0.2) is 0 Å². The largest absolute Gasteiger partial charge is 0.352 e. The summed E-state index contributed by atoms with van der Waals surface area (Å²) in [4.78, 5) is 23.1. The van der Waals surface area contributed by atoms with E-state index < -0.39 is 0 Å². The summed E-state index contributed by atoms with van der Waals surface area (Å²) in [6.45, 7) is 1.91. The average Bonchev–Trinajstić information content (AvgIpc) is 3.21. The van der Waals surface area contributed by atoms with Gasteiger partial charge < -0.3 is 10.6 Å². The molecule has 0 radical (unpaired) electrons. The fourth-order valence-corrected chi connectivity index (χ4v) is 1.71. The second-order valence-electron chi connectivity index (χ2n) is 4.75. The summed E-state index contributed by atoms with van der Waals surface area (Å²) in [5, 5.41) is 5.41. The fourth-order valence-electron chi connectivity index (χ4n) is 1.71. The highest BCUT2D eigenvalue weighted by molar-refractivity contribution is 5.96. The number of rotatable bonds is 5. The molecule has 2 rings (SSSR count). The fraction of sp³-hybridized carbons (Fsp3) is 0.333. The Morgan fingerprint density at radius 1 is 1.26 bits per heavy atom. The number of hydrogen-bond acceptors (Lipinski definition) is 2. The predicted octanol–water partition coefficient (Wildman–Crippen LogP) is 1.48. The normalized spacial score (nSPS) is 14.9. The second-order valence-corrected chi connectivity index (χ2v) is 4.75. The van der Waals surface area contributed by atoms with Gasteiger partial charge in [-0.2, -0.15) is 0 Å². The van der Waals surface area contributed by atoms with Crippen LogP contribution in [0.2, 0.25) is 0 Å². The van der Waals surface area contributed by atoms with Crippen LogP contribution in [0.15, 0.2) is 36.4 Å². The third-order valence-electron chi connectivity index (χ3n) is 2.94. The van der Waals surface area contributed by atoms with Gasteiger partial charge in [0.2, 0.25) is 11.8 Å². The van der Waals surface area contributed by atoms with Gasteiger partial charge in [-0.05, 0) is 30.9 Å². The number of allylic oxidation sites excluding steroid dienone is 1. The zero-order valence-corrected chi connectivity index (χ0v) is 11.0. The molecule has 4 heteroatoms. The quantitative estimate of drug-likeness (QED) is 0.786. The molecule has 19 heavy (non-hydrogen) atoms. The first-order valence-corrected chi connectivity index (χ1v) is 6.46. The number of carbonyl (C=O) groups excluding carboxylic acids is 2. The molecule has 1 saturated carbocycles. The van der Waals surface area contributed by atoms with Gasteiger partial charge in [0.05, 0.1) is 6.54 Å². The van der Waals surface area contributed by atoms with E-state index in [1.165, 1.54) is 6.08 Å². The van der Waals surface area contributed by atoms with Gasteiger partial charge in [0.1, 0.15) is 0 Å². The van der Waals surface area contributed by atoms with E-state index in [0.717, 1.165) is 24.0 Å². The number of nitrogens with one attached hydrogen (secondary N) is 2.